The number of aryl methyl sites for hydroxylation is 2. The average Bonchev–Trinajstić information content (AvgIpc) is 2.73. The van der Waals surface area contributed by atoms with E-state index in [1.165, 1.54) is 22.9 Å². The number of anilines is 1. The Morgan fingerprint density at radius 1 is 0.968 bits per heavy atom. The van der Waals surface area contributed by atoms with Gasteiger partial charge in [0.2, 0.25) is 0 Å². The minimum atomic E-state index is -0.322. The van der Waals surface area contributed by atoms with Crippen LogP contribution in [0.4, 0.5) is 5.69 Å². The zero-order valence-electron chi connectivity index (χ0n) is 18.5. The maximum absolute atomic E-state index is 11.6. The van der Waals surface area contributed by atoms with E-state index < -0.39 is 0 Å². The summed E-state index contributed by atoms with van der Waals surface area (Å²) in [6.45, 7) is 12.3. The highest BCUT2D eigenvalue weighted by Gasteiger charge is 2.18. The first-order chi connectivity index (χ1) is 14.5. The van der Waals surface area contributed by atoms with Crippen LogP contribution >= 0.6 is 12.4 Å². The lowest BCUT2D eigenvalue weighted by molar-refractivity contribution is 0.224. The van der Waals surface area contributed by atoms with E-state index in [9.17, 15) is 4.79 Å². The molecule has 1 aliphatic heterocycles. The lowest BCUT2D eigenvalue weighted by Gasteiger charge is -2.37. The van der Waals surface area contributed by atoms with E-state index >= 15 is 0 Å². The number of halogens is 1. The Bertz CT molecular complexity index is 1090. The molecule has 1 aromatic heterocycles. The van der Waals surface area contributed by atoms with Crippen molar-refractivity contribution in [3.05, 3.63) is 69.6 Å². The van der Waals surface area contributed by atoms with Crippen molar-refractivity contribution in [3.8, 4) is 5.75 Å². The Morgan fingerprint density at radius 3 is 2.52 bits per heavy atom. The van der Waals surface area contributed by atoms with Crippen molar-refractivity contribution < 1.29 is 9.15 Å². The van der Waals surface area contributed by atoms with Gasteiger partial charge in [0.05, 0.1) is 6.61 Å². The molecule has 4 rings (SSSR count). The van der Waals surface area contributed by atoms with Gasteiger partial charge in [-0.2, -0.15) is 0 Å². The molecule has 0 atom stereocenters. The van der Waals surface area contributed by atoms with E-state index in [4.69, 9.17) is 9.15 Å². The van der Waals surface area contributed by atoms with Gasteiger partial charge >= 0.3 is 5.63 Å². The fourth-order valence-corrected chi connectivity index (χ4v) is 4.16. The second-order valence-electron chi connectivity index (χ2n) is 8.16. The van der Waals surface area contributed by atoms with E-state index in [0.717, 1.165) is 55.8 Å². The molecule has 0 saturated carbocycles. The molecule has 2 heterocycles. The number of hydrogen-bond acceptors (Lipinski definition) is 5. The van der Waals surface area contributed by atoms with Crippen LogP contribution in [0, 0.1) is 20.8 Å². The van der Waals surface area contributed by atoms with E-state index in [-0.39, 0.29) is 18.0 Å². The standard InChI is InChI=1S/C25H30N2O3.ClH/c1-18-6-4-7-23(20(18)3)27-13-11-26(12-14-27)10-5-15-29-21-8-9-22-19(2)16-25(28)30-24(22)17-21;/h4,6-9,16-17H,5,10-15H2,1-3H3;1H. The largest absolute Gasteiger partial charge is 0.493 e. The average molecular weight is 443 g/mol. The van der Waals surface area contributed by atoms with E-state index in [2.05, 4.69) is 41.8 Å². The van der Waals surface area contributed by atoms with Crippen LogP contribution in [0.2, 0.25) is 0 Å². The number of benzene rings is 2. The first kappa shape index (κ1) is 23.2. The highest BCUT2D eigenvalue weighted by atomic mass is 35.5. The Labute approximate surface area is 190 Å². The molecule has 6 heteroatoms. The van der Waals surface area contributed by atoms with Gasteiger partial charge < -0.3 is 14.1 Å². The third kappa shape index (κ3) is 5.41. The summed E-state index contributed by atoms with van der Waals surface area (Å²) < 4.78 is 11.2. The van der Waals surface area contributed by atoms with Crippen molar-refractivity contribution in [2.45, 2.75) is 27.2 Å². The molecule has 0 spiro atoms. The number of hydrogen-bond donors (Lipinski definition) is 0. The van der Waals surface area contributed by atoms with Gasteiger partial charge in [-0.15, -0.1) is 12.4 Å². The number of rotatable bonds is 6. The molecule has 2 aromatic carbocycles. The van der Waals surface area contributed by atoms with Crippen LogP contribution in [0.1, 0.15) is 23.1 Å². The van der Waals surface area contributed by atoms with Crippen LogP contribution < -0.4 is 15.3 Å². The minimum absolute atomic E-state index is 0. The SMILES string of the molecule is Cc1cccc(N2CCN(CCCOc3ccc4c(C)cc(=O)oc4c3)CC2)c1C.Cl. The lowest BCUT2D eigenvalue weighted by Crippen LogP contribution is -2.47. The van der Waals surface area contributed by atoms with E-state index in [1.54, 1.807) is 0 Å². The molecule has 0 bridgehead atoms. The zero-order valence-corrected chi connectivity index (χ0v) is 19.3. The molecule has 166 valence electrons. The third-order valence-electron chi connectivity index (χ3n) is 6.10. The second kappa shape index (κ2) is 10.2. The van der Waals surface area contributed by atoms with E-state index in [1.807, 2.05) is 25.1 Å². The summed E-state index contributed by atoms with van der Waals surface area (Å²) in [5.74, 6) is 0.746. The molecular formula is C25H31ClN2O3. The van der Waals surface area contributed by atoms with Crippen LogP contribution in [-0.4, -0.2) is 44.2 Å². The summed E-state index contributed by atoms with van der Waals surface area (Å²) in [7, 11) is 0. The number of piperazine rings is 1. The van der Waals surface area contributed by atoms with Crippen molar-refractivity contribution in [3.63, 3.8) is 0 Å². The number of ether oxygens (including phenoxy) is 1. The lowest BCUT2D eigenvalue weighted by atomic mass is 10.1. The molecular weight excluding hydrogens is 412 g/mol. The Hall–Kier alpha value is -2.50. The maximum atomic E-state index is 11.6. The third-order valence-corrected chi connectivity index (χ3v) is 6.10. The molecule has 31 heavy (non-hydrogen) atoms. The molecule has 0 aliphatic carbocycles. The Balaban J connectivity index is 0.00000272. The number of fused-ring (bicyclic) bond motifs is 1. The fraction of sp³-hybridized carbons (Fsp3) is 0.400. The summed E-state index contributed by atoms with van der Waals surface area (Å²) in [5, 5.41) is 0.948. The normalized spacial score (nSPS) is 14.5. The Kier molecular flexibility index (Phi) is 7.63. The van der Waals surface area contributed by atoms with Crippen molar-refractivity contribution >= 4 is 29.1 Å². The quantitative estimate of drug-likeness (QED) is 0.408. The highest BCUT2D eigenvalue weighted by Crippen LogP contribution is 2.24. The summed E-state index contributed by atoms with van der Waals surface area (Å²) in [5.41, 5.74) is 5.30. The molecule has 0 N–H and O–H groups in total. The molecule has 1 saturated heterocycles. The first-order valence-corrected chi connectivity index (χ1v) is 10.7. The van der Waals surface area contributed by atoms with Crippen LogP contribution in [0.15, 0.2) is 51.7 Å². The predicted molar refractivity (Wildman–Crippen MR) is 129 cm³/mol. The van der Waals surface area contributed by atoms with Gasteiger partial charge in [-0.05, 0) is 62.1 Å². The molecule has 0 amide bonds. The van der Waals surface area contributed by atoms with Gasteiger partial charge in [0.1, 0.15) is 11.3 Å². The molecule has 0 radical (unpaired) electrons. The molecule has 3 aromatic rings. The van der Waals surface area contributed by atoms with Crippen molar-refractivity contribution in [2.75, 3.05) is 44.2 Å². The van der Waals surface area contributed by atoms with Gasteiger partial charge in [-0.1, -0.05) is 12.1 Å². The Morgan fingerprint density at radius 2 is 1.74 bits per heavy atom. The highest BCUT2D eigenvalue weighted by molar-refractivity contribution is 5.85. The smallest absolute Gasteiger partial charge is 0.336 e. The van der Waals surface area contributed by atoms with Crippen molar-refractivity contribution in [1.82, 2.24) is 4.90 Å². The van der Waals surface area contributed by atoms with Crippen LogP contribution in [-0.2, 0) is 0 Å². The summed E-state index contributed by atoms with van der Waals surface area (Å²) in [4.78, 5) is 16.6. The molecule has 1 aliphatic rings. The van der Waals surface area contributed by atoms with Gasteiger partial charge in [0, 0.05) is 55.9 Å². The van der Waals surface area contributed by atoms with Crippen LogP contribution in [0.3, 0.4) is 0 Å². The van der Waals surface area contributed by atoms with Crippen LogP contribution in [0.25, 0.3) is 11.0 Å². The molecule has 1 fully saturated rings. The first-order valence-electron chi connectivity index (χ1n) is 10.7. The van der Waals surface area contributed by atoms with Crippen LogP contribution in [0.5, 0.6) is 5.75 Å². The number of nitrogens with zero attached hydrogens (tertiary/aromatic N) is 2. The van der Waals surface area contributed by atoms with Gasteiger partial charge in [-0.25, -0.2) is 4.79 Å². The van der Waals surface area contributed by atoms with Crippen molar-refractivity contribution in [2.24, 2.45) is 0 Å². The van der Waals surface area contributed by atoms with Crippen molar-refractivity contribution in [1.29, 1.82) is 0 Å². The minimum Gasteiger partial charge on any atom is -0.493 e. The predicted octanol–water partition coefficient (Wildman–Crippen LogP) is 4.73. The molecule has 0 unspecified atom stereocenters. The summed E-state index contributed by atoms with van der Waals surface area (Å²) >= 11 is 0. The maximum Gasteiger partial charge on any atom is 0.336 e. The fourth-order valence-electron chi connectivity index (χ4n) is 4.16. The van der Waals surface area contributed by atoms with Gasteiger partial charge in [0.25, 0.3) is 0 Å². The molecule has 5 nitrogen and oxygen atoms in total. The monoisotopic (exact) mass is 442 g/mol. The van der Waals surface area contributed by atoms with Gasteiger partial charge in [-0.3, -0.25) is 4.90 Å². The topological polar surface area (TPSA) is 45.9 Å². The zero-order chi connectivity index (χ0) is 21.1. The van der Waals surface area contributed by atoms with E-state index in [0.29, 0.717) is 12.2 Å². The van der Waals surface area contributed by atoms with Gasteiger partial charge in [0.15, 0.2) is 0 Å². The summed E-state index contributed by atoms with van der Waals surface area (Å²) in [6.07, 6.45) is 0.972. The second-order valence-corrected chi connectivity index (χ2v) is 8.16. The summed E-state index contributed by atoms with van der Waals surface area (Å²) in [6, 6.07) is 13.8.